The summed E-state index contributed by atoms with van der Waals surface area (Å²) in [4.78, 5) is 25.1. The Bertz CT molecular complexity index is 552. The van der Waals surface area contributed by atoms with Gasteiger partial charge in [0.15, 0.2) is 0 Å². The summed E-state index contributed by atoms with van der Waals surface area (Å²) < 4.78 is 4.82. The van der Waals surface area contributed by atoms with Crippen LogP contribution in [0.3, 0.4) is 0 Å². The fraction of sp³-hybridized carbons (Fsp3) is 0.467. The van der Waals surface area contributed by atoms with Gasteiger partial charge in [-0.2, -0.15) is 0 Å². The van der Waals surface area contributed by atoms with Gasteiger partial charge in [0.05, 0.1) is 12.0 Å². The lowest BCUT2D eigenvalue weighted by Crippen LogP contribution is -2.33. The summed E-state index contributed by atoms with van der Waals surface area (Å²) in [5.41, 5.74) is 2.35. The first-order valence-corrected chi connectivity index (χ1v) is 6.70. The molecular formula is C15H20N2O3. The lowest BCUT2D eigenvalue weighted by molar-refractivity contribution is -0.121. The normalized spacial score (nSPS) is 16.0. The molecule has 0 atom stereocenters. The van der Waals surface area contributed by atoms with Gasteiger partial charge in [-0.05, 0) is 38.0 Å². The number of carbonyl (C=O) groups is 2. The molecule has 1 aromatic rings. The zero-order valence-electron chi connectivity index (χ0n) is 12.3. The zero-order chi connectivity index (χ0) is 14.9. The van der Waals surface area contributed by atoms with Crippen molar-refractivity contribution in [1.82, 2.24) is 5.32 Å². The molecule has 1 aliphatic rings. The number of carbonyl (C=O) groups excluding carboxylic acids is 2. The van der Waals surface area contributed by atoms with Crippen molar-refractivity contribution in [2.45, 2.75) is 32.7 Å². The lowest BCUT2D eigenvalue weighted by atomic mass is 9.85. The van der Waals surface area contributed by atoms with E-state index in [1.807, 2.05) is 32.0 Å². The van der Waals surface area contributed by atoms with Gasteiger partial charge < -0.3 is 15.0 Å². The molecule has 0 aromatic heterocycles. The van der Waals surface area contributed by atoms with Crippen LogP contribution in [-0.2, 0) is 21.5 Å². The number of hydrogen-bond acceptors (Lipinski definition) is 3. The van der Waals surface area contributed by atoms with Crippen LogP contribution in [0, 0.1) is 0 Å². The maximum Gasteiger partial charge on any atom is 0.407 e. The zero-order valence-corrected chi connectivity index (χ0v) is 12.3. The number of alkyl carbamates (subject to hydrolysis) is 1. The molecule has 2 amide bonds. The van der Waals surface area contributed by atoms with Crippen LogP contribution in [0.25, 0.3) is 0 Å². The van der Waals surface area contributed by atoms with Gasteiger partial charge in [-0.15, -0.1) is 0 Å². The third-order valence-corrected chi connectivity index (χ3v) is 3.65. The first kappa shape index (κ1) is 14.4. The molecule has 1 N–H and O–H groups in total. The van der Waals surface area contributed by atoms with Gasteiger partial charge in [-0.1, -0.05) is 12.1 Å². The molecule has 20 heavy (non-hydrogen) atoms. The van der Waals surface area contributed by atoms with Crippen molar-refractivity contribution in [3.8, 4) is 0 Å². The van der Waals surface area contributed by atoms with Crippen LogP contribution >= 0.6 is 0 Å². The molecule has 0 aliphatic carbocycles. The summed E-state index contributed by atoms with van der Waals surface area (Å²) in [6.45, 7) is 6.34. The van der Waals surface area contributed by atoms with Crippen LogP contribution in [0.2, 0.25) is 0 Å². The highest BCUT2D eigenvalue weighted by Crippen LogP contribution is 2.40. The first-order chi connectivity index (χ1) is 9.37. The Labute approximate surface area is 118 Å². The lowest BCUT2D eigenvalue weighted by Gasteiger charge is -2.16. The molecule has 1 aromatic carbocycles. The summed E-state index contributed by atoms with van der Waals surface area (Å²) >= 11 is 0. The minimum absolute atomic E-state index is 0.0861. The second kappa shape index (κ2) is 5.15. The van der Waals surface area contributed by atoms with Crippen LogP contribution in [0.5, 0.6) is 0 Å². The van der Waals surface area contributed by atoms with E-state index < -0.39 is 11.5 Å². The SMILES string of the molecule is CCOC(=O)NCc1ccc2c(c1)C(C)(C)C(=O)N2C. The number of rotatable bonds is 3. The Hall–Kier alpha value is -2.04. The smallest absolute Gasteiger partial charge is 0.407 e. The standard InChI is InChI=1S/C15H20N2O3/c1-5-20-14(19)16-9-10-6-7-12-11(8-10)15(2,3)13(18)17(12)4/h6-8H,5,9H2,1-4H3,(H,16,19). The van der Waals surface area contributed by atoms with E-state index in [1.54, 1.807) is 18.9 Å². The van der Waals surface area contributed by atoms with Crippen molar-refractivity contribution in [2.75, 3.05) is 18.6 Å². The molecule has 108 valence electrons. The number of ether oxygens (including phenoxy) is 1. The fourth-order valence-corrected chi connectivity index (χ4v) is 2.49. The third-order valence-electron chi connectivity index (χ3n) is 3.65. The Kier molecular flexibility index (Phi) is 3.70. The predicted molar refractivity (Wildman–Crippen MR) is 76.7 cm³/mol. The monoisotopic (exact) mass is 276 g/mol. The Morgan fingerprint density at radius 1 is 1.40 bits per heavy atom. The van der Waals surface area contributed by atoms with Crippen molar-refractivity contribution in [3.05, 3.63) is 29.3 Å². The number of nitrogens with one attached hydrogen (secondary N) is 1. The van der Waals surface area contributed by atoms with E-state index >= 15 is 0 Å². The second-order valence-electron chi connectivity index (χ2n) is 5.41. The molecule has 0 saturated carbocycles. The summed E-state index contributed by atoms with van der Waals surface area (Å²) in [7, 11) is 1.78. The van der Waals surface area contributed by atoms with Crippen LogP contribution in [0.1, 0.15) is 31.9 Å². The number of likely N-dealkylation sites (N-methyl/N-ethyl adjacent to an activating group) is 1. The van der Waals surface area contributed by atoms with Gasteiger partial charge in [-0.25, -0.2) is 4.79 Å². The van der Waals surface area contributed by atoms with E-state index in [1.165, 1.54) is 0 Å². The second-order valence-corrected chi connectivity index (χ2v) is 5.41. The molecule has 0 bridgehead atoms. The van der Waals surface area contributed by atoms with E-state index in [0.29, 0.717) is 13.2 Å². The maximum atomic E-state index is 12.2. The number of nitrogens with zero attached hydrogens (tertiary/aromatic N) is 1. The van der Waals surface area contributed by atoms with Crippen LogP contribution < -0.4 is 10.2 Å². The average Bonchev–Trinajstić information content (AvgIpc) is 2.58. The van der Waals surface area contributed by atoms with E-state index in [4.69, 9.17) is 4.74 Å². The molecule has 0 fully saturated rings. The number of fused-ring (bicyclic) bond motifs is 1. The summed E-state index contributed by atoms with van der Waals surface area (Å²) in [5, 5.41) is 2.68. The molecule has 5 nitrogen and oxygen atoms in total. The van der Waals surface area contributed by atoms with Crippen molar-refractivity contribution in [3.63, 3.8) is 0 Å². The van der Waals surface area contributed by atoms with Gasteiger partial charge in [-0.3, -0.25) is 4.79 Å². The highest BCUT2D eigenvalue weighted by Gasteiger charge is 2.42. The summed E-state index contributed by atoms with van der Waals surface area (Å²) in [6, 6.07) is 5.81. The molecular weight excluding hydrogens is 256 g/mol. The van der Waals surface area contributed by atoms with Crippen molar-refractivity contribution >= 4 is 17.7 Å². The quantitative estimate of drug-likeness (QED) is 0.920. The Morgan fingerprint density at radius 2 is 2.10 bits per heavy atom. The van der Waals surface area contributed by atoms with Crippen LogP contribution in [-0.4, -0.2) is 25.7 Å². The van der Waals surface area contributed by atoms with Crippen molar-refractivity contribution < 1.29 is 14.3 Å². The summed E-state index contributed by atoms with van der Waals surface area (Å²) in [5.74, 6) is 0.0861. The van der Waals surface area contributed by atoms with Gasteiger partial charge in [0.2, 0.25) is 5.91 Å². The van der Waals surface area contributed by atoms with E-state index in [0.717, 1.165) is 16.8 Å². The van der Waals surface area contributed by atoms with Gasteiger partial charge in [0.25, 0.3) is 0 Å². The Morgan fingerprint density at radius 3 is 2.75 bits per heavy atom. The fourth-order valence-electron chi connectivity index (χ4n) is 2.49. The largest absolute Gasteiger partial charge is 0.450 e. The van der Waals surface area contributed by atoms with Crippen molar-refractivity contribution in [2.24, 2.45) is 0 Å². The van der Waals surface area contributed by atoms with E-state index in [2.05, 4.69) is 5.32 Å². The molecule has 1 heterocycles. The van der Waals surface area contributed by atoms with Crippen LogP contribution in [0.15, 0.2) is 18.2 Å². The highest BCUT2D eigenvalue weighted by molar-refractivity contribution is 6.07. The topological polar surface area (TPSA) is 58.6 Å². The molecule has 0 radical (unpaired) electrons. The summed E-state index contributed by atoms with van der Waals surface area (Å²) in [6.07, 6.45) is -0.430. The highest BCUT2D eigenvalue weighted by atomic mass is 16.5. The maximum absolute atomic E-state index is 12.2. The molecule has 0 unspecified atom stereocenters. The average molecular weight is 276 g/mol. The molecule has 1 aliphatic heterocycles. The number of anilines is 1. The predicted octanol–water partition coefficient (Wildman–Crippen LogP) is 2.19. The van der Waals surface area contributed by atoms with Gasteiger partial charge in [0.1, 0.15) is 0 Å². The first-order valence-electron chi connectivity index (χ1n) is 6.70. The number of hydrogen-bond donors (Lipinski definition) is 1. The molecule has 0 spiro atoms. The van der Waals surface area contributed by atoms with Crippen molar-refractivity contribution in [1.29, 1.82) is 0 Å². The minimum Gasteiger partial charge on any atom is -0.450 e. The van der Waals surface area contributed by atoms with Crippen LogP contribution in [0.4, 0.5) is 10.5 Å². The van der Waals surface area contributed by atoms with Gasteiger partial charge in [0, 0.05) is 19.3 Å². The Balaban J connectivity index is 2.19. The minimum atomic E-state index is -0.524. The number of benzene rings is 1. The molecule has 0 saturated heterocycles. The molecule has 2 rings (SSSR count). The third kappa shape index (κ3) is 2.35. The van der Waals surface area contributed by atoms with E-state index in [-0.39, 0.29) is 5.91 Å². The number of amides is 2. The van der Waals surface area contributed by atoms with E-state index in [9.17, 15) is 9.59 Å². The molecule has 5 heteroatoms. The van der Waals surface area contributed by atoms with Gasteiger partial charge >= 0.3 is 6.09 Å².